The molecule has 0 saturated carbocycles. The lowest BCUT2D eigenvalue weighted by Crippen LogP contribution is -2.34. The zero-order chi connectivity index (χ0) is 26.1. The van der Waals surface area contributed by atoms with Gasteiger partial charge >= 0.3 is 5.97 Å². The fourth-order valence-corrected chi connectivity index (χ4v) is 4.91. The fraction of sp³-hybridized carbons (Fsp3) is 0.207. The summed E-state index contributed by atoms with van der Waals surface area (Å²) in [5.74, 6) is 0.269. The molecule has 2 aromatic carbocycles. The first-order chi connectivity index (χ1) is 17.9. The summed E-state index contributed by atoms with van der Waals surface area (Å²) in [5.41, 5.74) is 5.73. The molecule has 0 aliphatic carbocycles. The number of aromatic nitrogens is 2. The van der Waals surface area contributed by atoms with Gasteiger partial charge in [-0.15, -0.1) is 12.4 Å². The van der Waals surface area contributed by atoms with Crippen LogP contribution in [0.15, 0.2) is 60.8 Å². The molecular formula is C29H28ClN3O5. The highest BCUT2D eigenvalue weighted by atomic mass is 35.5. The van der Waals surface area contributed by atoms with Gasteiger partial charge in [-0.25, -0.2) is 9.78 Å². The SMILES string of the molecule is COc1cc2c(cc1OC)CN(C(=O)/C=C/c1c(-c3ccc(C(=O)O)cc3)n(C)c3ncccc13)CC2.Cl. The number of hydrogen-bond acceptors (Lipinski definition) is 5. The Bertz CT molecular complexity index is 1540. The summed E-state index contributed by atoms with van der Waals surface area (Å²) in [5, 5.41) is 10.2. The number of halogens is 1. The summed E-state index contributed by atoms with van der Waals surface area (Å²) in [4.78, 5) is 30.9. The van der Waals surface area contributed by atoms with Crippen LogP contribution in [0.4, 0.5) is 0 Å². The molecular weight excluding hydrogens is 506 g/mol. The van der Waals surface area contributed by atoms with Crippen molar-refractivity contribution >= 4 is 41.4 Å². The number of carbonyl (C=O) groups is 2. The molecule has 0 spiro atoms. The van der Waals surface area contributed by atoms with Crippen molar-refractivity contribution in [3.8, 4) is 22.8 Å². The van der Waals surface area contributed by atoms with Gasteiger partial charge in [0.25, 0.3) is 0 Å². The quantitative estimate of drug-likeness (QED) is 0.351. The molecule has 0 bridgehead atoms. The number of ether oxygens (including phenoxy) is 2. The summed E-state index contributed by atoms with van der Waals surface area (Å²) in [7, 11) is 5.13. The summed E-state index contributed by atoms with van der Waals surface area (Å²) in [6.07, 6.45) is 5.89. The van der Waals surface area contributed by atoms with Crippen LogP contribution in [0, 0.1) is 0 Å². The number of aromatic carboxylic acids is 1. The summed E-state index contributed by atoms with van der Waals surface area (Å²) in [6.45, 7) is 1.09. The molecule has 0 unspecified atom stereocenters. The number of aryl methyl sites for hydroxylation is 1. The van der Waals surface area contributed by atoms with Gasteiger partial charge < -0.3 is 24.0 Å². The smallest absolute Gasteiger partial charge is 0.335 e. The normalized spacial score (nSPS) is 12.8. The maximum Gasteiger partial charge on any atom is 0.335 e. The van der Waals surface area contributed by atoms with Crippen LogP contribution in [0.3, 0.4) is 0 Å². The highest BCUT2D eigenvalue weighted by Crippen LogP contribution is 2.35. The highest BCUT2D eigenvalue weighted by Gasteiger charge is 2.22. The Morgan fingerprint density at radius 1 is 1.03 bits per heavy atom. The second-order valence-electron chi connectivity index (χ2n) is 8.90. The second-order valence-corrected chi connectivity index (χ2v) is 8.90. The van der Waals surface area contributed by atoms with Crippen LogP contribution in [0.5, 0.6) is 11.5 Å². The van der Waals surface area contributed by atoms with E-state index in [1.165, 1.54) is 0 Å². The highest BCUT2D eigenvalue weighted by molar-refractivity contribution is 6.00. The van der Waals surface area contributed by atoms with Gasteiger partial charge in [-0.1, -0.05) is 12.1 Å². The monoisotopic (exact) mass is 533 g/mol. The molecule has 4 aromatic rings. The van der Waals surface area contributed by atoms with Crippen LogP contribution in [-0.4, -0.2) is 52.2 Å². The predicted octanol–water partition coefficient (Wildman–Crippen LogP) is 4.98. The van der Waals surface area contributed by atoms with Crippen molar-refractivity contribution in [3.05, 3.63) is 83.1 Å². The maximum absolute atomic E-state index is 13.3. The number of nitrogens with zero attached hydrogens (tertiary/aromatic N) is 3. The molecule has 5 rings (SSSR count). The van der Waals surface area contributed by atoms with E-state index in [1.807, 2.05) is 46.9 Å². The van der Waals surface area contributed by atoms with E-state index in [0.717, 1.165) is 45.4 Å². The minimum atomic E-state index is -0.977. The Labute approximate surface area is 226 Å². The largest absolute Gasteiger partial charge is 0.493 e. The number of fused-ring (bicyclic) bond motifs is 2. The van der Waals surface area contributed by atoms with Gasteiger partial charge in [0.05, 0.1) is 25.5 Å². The number of hydrogen-bond donors (Lipinski definition) is 1. The van der Waals surface area contributed by atoms with Crippen molar-refractivity contribution < 1.29 is 24.2 Å². The standard InChI is InChI=1S/C29H27N3O5.ClH/c1-31-27(18-6-8-19(9-7-18)29(34)35)22(23-5-4-13-30-28(23)31)10-11-26(33)32-14-12-20-15-24(36-2)25(37-3)16-21(20)17-32;/h4-11,13,15-16H,12,14,17H2,1-3H3,(H,34,35);1H/b11-10+;. The lowest BCUT2D eigenvalue weighted by molar-refractivity contribution is -0.126. The van der Waals surface area contributed by atoms with Crippen LogP contribution in [0.2, 0.25) is 0 Å². The van der Waals surface area contributed by atoms with E-state index in [1.54, 1.807) is 50.8 Å². The lowest BCUT2D eigenvalue weighted by Gasteiger charge is -2.28. The van der Waals surface area contributed by atoms with E-state index >= 15 is 0 Å². The number of methoxy groups -OCH3 is 2. The van der Waals surface area contributed by atoms with Gasteiger partial charge in [0, 0.05) is 43.4 Å². The van der Waals surface area contributed by atoms with E-state index in [4.69, 9.17) is 9.47 Å². The third-order valence-corrected chi connectivity index (χ3v) is 6.81. The molecule has 38 heavy (non-hydrogen) atoms. The number of carboxylic acids is 1. The number of benzene rings is 2. The molecule has 0 saturated heterocycles. The minimum absolute atomic E-state index is 0. The number of carboxylic acid groups (broad SMARTS) is 1. The van der Waals surface area contributed by atoms with Gasteiger partial charge in [0.15, 0.2) is 11.5 Å². The lowest BCUT2D eigenvalue weighted by atomic mass is 9.98. The molecule has 1 amide bonds. The van der Waals surface area contributed by atoms with Crippen molar-refractivity contribution in [2.24, 2.45) is 7.05 Å². The van der Waals surface area contributed by atoms with Gasteiger partial charge in [0.1, 0.15) is 5.65 Å². The topological polar surface area (TPSA) is 93.9 Å². The van der Waals surface area contributed by atoms with Gasteiger partial charge in [-0.2, -0.15) is 0 Å². The maximum atomic E-state index is 13.3. The van der Waals surface area contributed by atoms with E-state index in [-0.39, 0.29) is 23.9 Å². The van der Waals surface area contributed by atoms with E-state index in [0.29, 0.717) is 24.6 Å². The van der Waals surface area contributed by atoms with Crippen LogP contribution in [0.1, 0.15) is 27.0 Å². The number of carbonyl (C=O) groups excluding carboxylic acids is 1. The molecule has 2 aromatic heterocycles. The average Bonchev–Trinajstić information content (AvgIpc) is 3.21. The van der Waals surface area contributed by atoms with E-state index < -0.39 is 5.97 Å². The van der Waals surface area contributed by atoms with Gasteiger partial charge in [-0.3, -0.25) is 4.79 Å². The summed E-state index contributed by atoms with van der Waals surface area (Å²) < 4.78 is 12.8. The molecule has 8 nitrogen and oxygen atoms in total. The number of rotatable bonds is 6. The summed E-state index contributed by atoms with van der Waals surface area (Å²) in [6, 6.07) is 14.5. The third kappa shape index (κ3) is 4.82. The zero-order valence-electron chi connectivity index (χ0n) is 21.3. The molecule has 0 atom stereocenters. The molecule has 1 N–H and O–H groups in total. The Morgan fingerprint density at radius 3 is 2.37 bits per heavy atom. The van der Waals surface area contributed by atoms with Gasteiger partial charge in [0.2, 0.25) is 5.91 Å². The Hall–Kier alpha value is -4.30. The molecule has 3 heterocycles. The van der Waals surface area contributed by atoms with Crippen LogP contribution in [0.25, 0.3) is 28.4 Å². The van der Waals surface area contributed by atoms with Crippen molar-refractivity contribution in [2.75, 3.05) is 20.8 Å². The summed E-state index contributed by atoms with van der Waals surface area (Å²) >= 11 is 0. The minimum Gasteiger partial charge on any atom is -0.493 e. The number of pyridine rings is 1. The van der Waals surface area contributed by atoms with Crippen LogP contribution >= 0.6 is 12.4 Å². The van der Waals surface area contributed by atoms with Gasteiger partial charge in [-0.05, 0) is 65.6 Å². The molecule has 0 radical (unpaired) electrons. The van der Waals surface area contributed by atoms with Crippen molar-refractivity contribution in [1.29, 1.82) is 0 Å². The zero-order valence-corrected chi connectivity index (χ0v) is 22.1. The first-order valence-electron chi connectivity index (χ1n) is 11.9. The predicted molar refractivity (Wildman–Crippen MR) is 148 cm³/mol. The molecule has 9 heteroatoms. The van der Waals surface area contributed by atoms with Crippen molar-refractivity contribution in [3.63, 3.8) is 0 Å². The van der Waals surface area contributed by atoms with E-state index in [9.17, 15) is 14.7 Å². The Kier molecular flexibility index (Phi) is 7.73. The van der Waals surface area contributed by atoms with Crippen LogP contribution in [-0.2, 0) is 24.8 Å². The average molecular weight is 534 g/mol. The molecule has 1 aliphatic rings. The van der Waals surface area contributed by atoms with E-state index in [2.05, 4.69) is 4.98 Å². The Morgan fingerprint density at radius 2 is 1.71 bits per heavy atom. The number of amides is 1. The Balaban J connectivity index is 0.00000336. The molecule has 196 valence electrons. The van der Waals surface area contributed by atoms with Crippen molar-refractivity contribution in [2.45, 2.75) is 13.0 Å². The third-order valence-electron chi connectivity index (χ3n) is 6.81. The van der Waals surface area contributed by atoms with Crippen LogP contribution < -0.4 is 9.47 Å². The fourth-order valence-electron chi connectivity index (χ4n) is 4.91. The first kappa shape index (κ1) is 26.8. The molecule has 1 aliphatic heterocycles. The van der Waals surface area contributed by atoms with Crippen molar-refractivity contribution in [1.82, 2.24) is 14.5 Å². The molecule has 0 fully saturated rings. The second kappa shape index (κ2) is 11.0. The first-order valence-corrected chi connectivity index (χ1v) is 11.9.